The molecule has 0 aromatic carbocycles. The van der Waals surface area contributed by atoms with Gasteiger partial charge in [0, 0.05) is 6.04 Å². The summed E-state index contributed by atoms with van der Waals surface area (Å²) in [5.41, 5.74) is -0.667. The normalized spacial score (nSPS) is 38.6. The number of carboxylic acids is 1. The Hall–Kier alpha value is -0.570. The summed E-state index contributed by atoms with van der Waals surface area (Å²) in [6.45, 7) is 4.32. The highest BCUT2D eigenvalue weighted by atomic mass is 16.4. The van der Waals surface area contributed by atoms with Gasteiger partial charge in [-0.2, -0.15) is 0 Å². The fourth-order valence-corrected chi connectivity index (χ4v) is 3.84. The minimum atomic E-state index is -0.667. The molecule has 0 radical (unpaired) electrons. The second-order valence-electron chi connectivity index (χ2n) is 6.41. The zero-order valence-corrected chi connectivity index (χ0v) is 11.7. The van der Waals surface area contributed by atoms with E-state index in [1.54, 1.807) is 0 Å². The molecule has 3 heteroatoms. The molecule has 0 spiro atoms. The molecule has 2 rings (SSSR count). The minimum Gasteiger partial charge on any atom is -0.480 e. The first-order chi connectivity index (χ1) is 8.56. The quantitative estimate of drug-likeness (QED) is 0.812. The SMILES string of the molecule is CC1CCCC(NC2CCCCC2)(C(=O)O)C1C. The molecule has 104 valence electrons. The van der Waals surface area contributed by atoms with Gasteiger partial charge in [-0.05, 0) is 31.1 Å². The summed E-state index contributed by atoms with van der Waals surface area (Å²) in [5.74, 6) is 0.101. The number of carboxylic acid groups (broad SMARTS) is 1. The highest BCUT2D eigenvalue weighted by Gasteiger charge is 2.48. The van der Waals surface area contributed by atoms with Crippen molar-refractivity contribution in [1.29, 1.82) is 0 Å². The molecule has 0 heterocycles. The lowest BCUT2D eigenvalue weighted by atomic mass is 9.67. The van der Waals surface area contributed by atoms with E-state index >= 15 is 0 Å². The zero-order chi connectivity index (χ0) is 13.2. The number of carbonyl (C=O) groups is 1. The van der Waals surface area contributed by atoms with E-state index in [-0.39, 0.29) is 5.92 Å². The third-order valence-corrected chi connectivity index (χ3v) is 5.31. The van der Waals surface area contributed by atoms with Crippen molar-refractivity contribution in [1.82, 2.24) is 5.32 Å². The Bertz CT molecular complexity index is 299. The fourth-order valence-electron chi connectivity index (χ4n) is 3.84. The molecule has 2 aliphatic rings. The van der Waals surface area contributed by atoms with Crippen molar-refractivity contribution in [3.63, 3.8) is 0 Å². The number of nitrogens with one attached hydrogen (secondary N) is 1. The first-order valence-corrected chi connectivity index (χ1v) is 7.57. The third kappa shape index (κ3) is 2.56. The molecule has 0 aromatic rings. The van der Waals surface area contributed by atoms with Crippen molar-refractivity contribution in [2.45, 2.75) is 76.8 Å². The monoisotopic (exact) mass is 253 g/mol. The average molecular weight is 253 g/mol. The van der Waals surface area contributed by atoms with Crippen LogP contribution in [0.1, 0.15) is 65.2 Å². The van der Waals surface area contributed by atoms with Gasteiger partial charge in [0.1, 0.15) is 5.54 Å². The van der Waals surface area contributed by atoms with Crippen molar-refractivity contribution in [2.75, 3.05) is 0 Å². The van der Waals surface area contributed by atoms with Crippen LogP contribution in [0.3, 0.4) is 0 Å². The van der Waals surface area contributed by atoms with E-state index in [2.05, 4.69) is 19.2 Å². The maximum atomic E-state index is 11.8. The van der Waals surface area contributed by atoms with Gasteiger partial charge < -0.3 is 5.11 Å². The maximum absolute atomic E-state index is 11.8. The Kier molecular flexibility index (Phi) is 4.31. The van der Waals surface area contributed by atoms with Crippen LogP contribution in [0.4, 0.5) is 0 Å². The summed E-state index contributed by atoms with van der Waals surface area (Å²) in [5, 5.41) is 13.3. The van der Waals surface area contributed by atoms with Crippen LogP contribution in [0.25, 0.3) is 0 Å². The van der Waals surface area contributed by atoms with Crippen LogP contribution in [-0.4, -0.2) is 22.7 Å². The van der Waals surface area contributed by atoms with Gasteiger partial charge in [0.25, 0.3) is 0 Å². The predicted molar refractivity (Wildman–Crippen MR) is 72.6 cm³/mol. The van der Waals surface area contributed by atoms with Crippen LogP contribution in [0.5, 0.6) is 0 Å². The molecule has 2 N–H and O–H groups in total. The van der Waals surface area contributed by atoms with Crippen LogP contribution in [-0.2, 0) is 4.79 Å². The van der Waals surface area contributed by atoms with E-state index in [0.29, 0.717) is 12.0 Å². The van der Waals surface area contributed by atoms with E-state index < -0.39 is 11.5 Å². The van der Waals surface area contributed by atoms with E-state index in [1.807, 2.05) is 0 Å². The predicted octanol–water partition coefficient (Wildman–Crippen LogP) is 3.19. The largest absolute Gasteiger partial charge is 0.480 e. The van der Waals surface area contributed by atoms with Gasteiger partial charge in [-0.3, -0.25) is 10.1 Å². The summed E-state index contributed by atoms with van der Waals surface area (Å²) in [6.07, 6.45) is 9.11. The first-order valence-electron chi connectivity index (χ1n) is 7.57. The molecule has 0 aromatic heterocycles. The fraction of sp³-hybridized carbons (Fsp3) is 0.933. The molecule has 2 fully saturated rings. The molecule has 3 unspecified atom stereocenters. The molecule has 0 amide bonds. The van der Waals surface area contributed by atoms with Crippen LogP contribution in [0.2, 0.25) is 0 Å². The summed E-state index contributed by atoms with van der Waals surface area (Å²) >= 11 is 0. The van der Waals surface area contributed by atoms with E-state index in [1.165, 1.54) is 25.7 Å². The molecule has 0 saturated heterocycles. The first kappa shape index (κ1) is 13.9. The standard InChI is InChI=1S/C15H27NO2/c1-11-7-6-10-15(12(11)2,14(17)18)16-13-8-4-3-5-9-13/h11-13,16H,3-10H2,1-2H3,(H,17,18). The van der Waals surface area contributed by atoms with Crippen LogP contribution < -0.4 is 5.32 Å². The van der Waals surface area contributed by atoms with E-state index in [9.17, 15) is 9.90 Å². The Labute approximate surface area is 110 Å². The summed E-state index contributed by atoms with van der Waals surface area (Å²) < 4.78 is 0. The Morgan fingerprint density at radius 1 is 1.11 bits per heavy atom. The molecule has 3 nitrogen and oxygen atoms in total. The molecule has 3 atom stereocenters. The average Bonchev–Trinajstić information content (AvgIpc) is 2.36. The summed E-state index contributed by atoms with van der Waals surface area (Å²) in [4.78, 5) is 11.8. The molecule has 0 bridgehead atoms. The van der Waals surface area contributed by atoms with Gasteiger partial charge in [-0.15, -0.1) is 0 Å². The number of hydrogen-bond donors (Lipinski definition) is 2. The molecule has 2 aliphatic carbocycles. The lowest BCUT2D eigenvalue weighted by Gasteiger charge is -2.46. The third-order valence-electron chi connectivity index (χ3n) is 5.31. The summed E-state index contributed by atoms with van der Waals surface area (Å²) in [6, 6.07) is 0.419. The van der Waals surface area contributed by atoms with Crippen LogP contribution in [0.15, 0.2) is 0 Å². The highest BCUT2D eigenvalue weighted by Crippen LogP contribution is 2.39. The minimum absolute atomic E-state index is 0.227. The second-order valence-corrected chi connectivity index (χ2v) is 6.41. The van der Waals surface area contributed by atoms with Gasteiger partial charge in [-0.1, -0.05) is 46.0 Å². The summed E-state index contributed by atoms with van der Waals surface area (Å²) in [7, 11) is 0. The Balaban J connectivity index is 2.12. The molecular formula is C15H27NO2. The van der Waals surface area contributed by atoms with Gasteiger partial charge in [0.2, 0.25) is 0 Å². The molecular weight excluding hydrogens is 226 g/mol. The maximum Gasteiger partial charge on any atom is 0.324 e. The van der Waals surface area contributed by atoms with Gasteiger partial charge in [0.05, 0.1) is 0 Å². The van der Waals surface area contributed by atoms with Crippen molar-refractivity contribution in [3.05, 3.63) is 0 Å². The number of aliphatic carboxylic acids is 1. The highest BCUT2D eigenvalue weighted by molar-refractivity contribution is 5.79. The lowest BCUT2D eigenvalue weighted by Crippen LogP contribution is -2.62. The zero-order valence-electron chi connectivity index (χ0n) is 11.7. The van der Waals surface area contributed by atoms with Crippen LogP contribution >= 0.6 is 0 Å². The van der Waals surface area contributed by atoms with E-state index in [0.717, 1.165) is 25.7 Å². The van der Waals surface area contributed by atoms with Crippen LogP contribution in [0, 0.1) is 11.8 Å². The van der Waals surface area contributed by atoms with E-state index in [4.69, 9.17) is 0 Å². The lowest BCUT2D eigenvalue weighted by molar-refractivity contribution is -0.151. The molecule has 2 saturated carbocycles. The van der Waals surface area contributed by atoms with Crippen molar-refractivity contribution < 1.29 is 9.90 Å². The number of rotatable bonds is 3. The van der Waals surface area contributed by atoms with Crippen molar-refractivity contribution in [2.24, 2.45) is 11.8 Å². The smallest absolute Gasteiger partial charge is 0.324 e. The number of hydrogen-bond acceptors (Lipinski definition) is 2. The molecule has 0 aliphatic heterocycles. The van der Waals surface area contributed by atoms with Crippen molar-refractivity contribution in [3.8, 4) is 0 Å². The van der Waals surface area contributed by atoms with Crippen molar-refractivity contribution >= 4 is 5.97 Å². The van der Waals surface area contributed by atoms with Gasteiger partial charge >= 0.3 is 5.97 Å². The second kappa shape index (κ2) is 5.60. The Morgan fingerprint density at radius 2 is 1.78 bits per heavy atom. The molecule has 18 heavy (non-hydrogen) atoms. The Morgan fingerprint density at radius 3 is 2.39 bits per heavy atom. The van der Waals surface area contributed by atoms with Gasteiger partial charge in [-0.25, -0.2) is 0 Å². The van der Waals surface area contributed by atoms with Gasteiger partial charge in [0.15, 0.2) is 0 Å². The topological polar surface area (TPSA) is 49.3 Å².